The molecule has 0 saturated carbocycles. The van der Waals surface area contributed by atoms with Crippen molar-refractivity contribution in [2.45, 2.75) is 9.92 Å². The normalized spacial score (nSPS) is 11.6. The van der Waals surface area contributed by atoms with E-state index in [0.717, 1.165) is 0 Å². The quantitative estimate of drug-likeness (QED) is 0.605. The summed E-state index contributed by atoms with van der Waals surface area (Å²) in [6.07, 6.45) is 2.75. The molecule has 0 atom stereocenters. The second kappa shape index (κ2) is 5.00. The molecule has 6 heteroatoms. The van der Waals surface area contributed by atoms with Crippen molar-refractivity contribution in [2.75, 3.05) is 17.9 Å². The van der Waals surface area contributed by atoms with Crippen molar-refractivity contribution in [3.8, 4) is 0 Å². The van der Waals surface area contributed by atoms with E-state index >= 15 is 0 Å². The van der Waals surface area contributed by atoms with E-state index in [4.69, 9.17) is 11.6 Å². The van der Waals surface area contributed by atoms with Gasteiger partial charge in [-0.05, 0) is 12.1 Å². The Morgan fingerprint density at radius 3 is 2.86 bits per heavy atom. The third kappa shape index (κ3) is 3.15. The van der Waals surface area contributed by atoms with Gasteiger partial charge >= 0.3 is 0 Å². The molecule has 0 aliphatic heterocycles. The van der Waals surface area contributed by atoms with Gasteiger partial charge in [-0.25, -0.2) is 13.4 Å². The van der Waals surface area contributed by atoms with Crippen LogP contribution >= 0.6 is 23.4 Å². The first kappa shape index (κ1) is 11.8. The topological polar surface area (TPSA) is 47.0 Å². The Balaban J connectivity index is 3.04. The van der Waals surface area contributed by atoms with Crippen molar-refractivity contribution < 1.29 is 8.42 Å². The molecule has 0 amide bonds. The maximum Gasteiger partial charge on any atom is 0.178 e. The van der Waals surface area contributed by atoms with E-state index < -0.39 is 9.84 Å². The molecule has 78 valence electrons. The first-order valence-electron chi connectivity index (χ1n) is 3.89. The minimum Gasteiger partial charge on any atom is -0.249 e. The van der Waals surface area contributed by atoms with Gasteiger partial charge in [0.05, 0.1) is 4.90 Å². The van der Waals surface area contributed by atoms with Crippen molar-refractivity contribution in [1.82, 2.24) is 4.98 Å². The fraction of sp³-hybridized carbons (Fsp3) is 0.375. The predicted molar refractivity (Wildman–Crippen MR) is 58.8 cm³/mol. The zero-order valence-electron chi connectivity index (χ0n) is 7.60. The zero-order valence-corrected chi connectivity index (χ0v) is 9.99. The summed E-state index contributed by atoms with van der Waals surface area (Å²) in [5.74, 6) is 1.13. The number of thioether (sulfide) groups is 1. The molecule has 1 heterocycles. The molecule has 0 aliphatic carbocycles. The van der Waals surface area contributed by atoms with E-state index in [1.807, 2.05) is 0 Å². The molecule has 0 bridgehead atoms. The zero-order chi connectivity index (χ0) is 10.6. The van der Waals surface area contributed by atoms with E-state index in [1.165, 1.54) is 18.0 Å². The van der Waals surface area contributed by atoms with Crippen LogP contribution in [0.1, 0.15) is 0 Å². The largest absolute Gasteiger partial charge is 0.249 e. The Labute approximate surface area is 92.8 Å². The minimum atomic E-state index is -3.19. The van der Waals surface area contributed by atoms with Crippen LogP contribution in [0.4, 0.5) is 0 Å². The fourth-order valence-electron chi connectivity index (χ4n) is 0.902. The highest BCUT2D eigenvalue weighted by atomic mass is 35.5. The van der Waals surface area contributed by atoms with Crippen LogP contribution in [0, 0.1) is 0 Å². The van der Waals surface area contributed by atoms with E-state index in [9.17, 15) is 8.42 Å². The van der Waals surface area contributed by atoms with Crippen LogP contribution in [0.2, 0.25) is 0 Å². The Kier molecular flexibility index (Phi) is 4.22. The maximum absolute atomic E-state index is 11.3. The lowest BCUT2D eigenvalue weighted by molar-refractivity contribution is 0.598. The lowest BCUT2D eigenvalue weighted by atomic mass is 10.5. The molecule has 1 aromatic heterocycles. The Morgan fingerprint density at radius 2 is 2.29 bits per heavy atom. The van der Waals surface area contributed by atoms with Crippen LogP contribution in [0.15, 0.2) is 28.3 Å². The van der Waals surface area contributed by atoms with Crippen molar-refractivity contribution in [2.24, 2.45) is 0 Å². The number of pyridine rings is 1. The third-order valence-electron chi connectivity index (χ3n) is 1.45. The number of sulfone groups is 1. The van der Waals surface area contributed by atoms with Gasteiger partial charge in [-0.1, -0.05) is 0 Å². The fourth-order valence-corrected chi connectivity index (χ4v) is 3.08. The second-order valence-corrected chi connectivity index (χ2v) is 6.06. The molecule has 0 aromatic carbocycles. The number of hydrogen-bond acceptors (Lipinski definition) is 4. The van der Waals surface area contributed by atoms with Crippen LogP contribution < -0.4 is 0 Å². The van der Waals surface area contributed by atoms with Crippen LogP contribution in [-0.2, 0) is 9.84 Å². The molecule has 1 rings (SSSR count). The maximum atomic E-state index is 11.3. The molecule has 0 saturated heterocycles. The van der Waals surface area contributed by atoms with E-state index in [-0.39, 0.29) is 4.90 Å². The highest BCUT2D eigenvalue weighted by Crippen LogP contribution is 2.23. The van der Waals surface area contributed by atoms with Gasteiger partial charge in [0.25, 0.3) is 0 Å². The summed E-state index contributed by atoms with van der Waals surface area (Å²) in [5, 5.41) is 0.524. The van der Waals surface area contributed by atoms with Crippen LogP contribution in [0.5, 0.6) is 0 Å². The standard InChI is InChI=1S/C8H10ClNO2S2/c1-14(11,12)7-3-2-5-10-8(7)13-6-4-9/h2-3,5H,4,6H2,1H3. The highest BCUT2D eigenvalue weighted by Gasteiger charge is 2.13. The van der Waals surface area contributed by atoms with E-state index in [1.54, 1.807) is 18.3 Å². The number of hydrogen-bond donors (Lipinski definition) is 0. The van der Waals surface area contributed by atoms with Gasteiger partial charge in [0.1, 0.15) is 5.03 Å². The van der Waals surface area contributed by atoms with Gasteiger partial charge < -0.3 is 0 Å². The van der Waals surface area contributed by atoms with Crippen LogP contribution in [0.3, 0.4) is 0 Å². The van der Waals surface area contributed by atoms with Crippen molar-refractivity contribution >= 4 is 33.2 Å². The summed E-state index contributed by atoms with van der Waals surface area (Å²) >= 11 is 6.87. The summed E-state index contributed by atoms with van der Waals surface area (Å²) in [6.45, 7) is 0. The number of nitrogens with zero attached hydrogens (tertiary/aromatic N) is 1. The van der Waals surface area contributed by atoms with Gasteiger partial charge in [0.2, 0.25) is 0 Å². The minimum absolute atomic E-state index is 0.273. The molecular weight excluding hydrogens is 242 g/mol. The van der Waals surface area contributed by atoms with Crippen LogP contribution in [0.25, 0.3) is 0 Å². The Hall–Kier alpha value is -0.260. The molecule has 0 radical (unpaired) electrons. The molecule has 14 heavy (non-hydrogen) atoms. The summed E-state index contributed by atoms with van der Waals surface area (Å²) in [5.41, 5.74) is 0. The van der Waals surface area contributed by atoms with Gasteiger partial charge in [-0.2, -0.15) is 0 Å². The Bertz CT molecular complexity index is 406. The van der Waals surface area contributed by atoms with Gasteiger partial charge in [-0.3, -0.25) is 0 Å². The Morgan fingerprint density at radius 1 is 1.57 bits per heavy atom. The highest BCUT2D eigenvalue weighted by molar-refractivity contribution is 8.00. The number of alkyl halides is 1. The lowest BCUT2D eigenvalue weighted by Gasteiger charge is -2.04. The number of rotatable bonds is 4. The summed E-state index contributed by atoms with van der Waals surface area (Å²) < 4.78 is 22.7. The first-order chi connectivity index (χ1) is 6.55. The molecule has 0 fully saturated rings. The molecule has 1 aromatic rings. The molecular formula is C8H10ClNO2S2. The molecule has 0 aliphatic rings. The predicted octanol–water partition coefficient (Wildman–Crippen LogP) is 1.82. The van der Waals surface area contributed by atoms with Gasteiger partial charge in [0.15, 0.2) is 9.84 Å². The van der Waals surface area contributed by atoms with Crippen molar-refractivity contribution in [3.05, 3.63) is 18.3 Å². The average molecular weight is 252 g/mol. The number of halogens is 1. The van der Waals surface area contributed by atoms with Gasteiger partial charge in [-0.15, -0.1) is 23.4 Å². The van der Waals surface area contributed by atoms with Crippen molar-refractivity contribution in [3.63, 3.8) is 0 Å². The van der Waals surface area contributed by atoms with E-state index in [2.05, 4.69) is 4.98 Å². The third-order valence-corrected chi connectivity index (χ3v) is 4.13. The average Bonchev–Trinajstić information content (AvgIpc) is 2.14. The first-order valence-corrected chi connectivity index (χ1v) is 7.30. The summed E-state index contributed by atoms with van der Waals surface area (Å²) in [7, 11) is -3.19. The second-order valence-electron chi connectivity index (χ2n) is 2.62. The lowest BCUT2D eigenvalue weighted by Crippen LogP contribution is -2.01. The SMILES string of the molecule is CS(=O)(=O)c1cccnc1SCCCl. The smallest absolute Gasteiger partial charge is 0.178 e. The summed E-state index contributed by atoms with van der Waals surface area (Å²) in [4.78, 5) is 4.28. The van der Waals surface area contributed by atoms with Gasteiger partial charge in [0, 0.05) is 24.1 Å². The number of aromatic nitrogens is 1. The monoisotopic (exact) mass is 251 g/mol. The van der Waals surface area contributed by atoms with Crippen molar-refractivity contribution in [1.29, 1.82) is 0 Å². The molecule has 0 spiro atoms. The molecule has 0 N–H and O–H groups in total. The summed E-state index contributed by atoms with van der Waals surface area (Å²) in [6, 6.07) is 3.17. The molecule has 3 nitrogen and oxygen atoms in total. The molecule has 0 unspecified atom stereocenters. The van der Waals surface area contributed by atoms with Crippen LogP contribution in [-0.4, -0.2) is 31.3 Å². The van der Waals surface area contributed by atoms with E-state index in [0.29, 0.717) is 16.7 Å².